The van der Waals surface area contributed by atoms with Gasteiger partial charge in [0.25, 0.3) is 5.91 Å². The quantitative estimate of drug-likeness (QED) is 0.792. The van der Waals surface area contributed by atoms with Crippen LogP contribution in [0.25, 0.3) is 0 Å². The first-order valence-corrected chi connectivity index (χ1v) is 8.22. The molecule has 0 aliphatic rings. The molecule has 2 N–H and O–H groups in total. The third kappa shape index (κ3) is 4.79. The molecule has 0 atom stereocenters. The molecule has 0 unspecified atom stereocenters. The van der Waals surface area contributed by atoms with Crippen LogP contribution < -0.4 is 15.4 Å². The van der Waals surface area contributed by atoms with Crippen LogP contribution in [0.3, 0.4) is 0 Å². The maximum absolute atomic E-state index is 12.2. The first kappa shape index (κ1) is 17.9. The Balaban J connectivity index is 1.95. The van der Waals surface area contributed by atoms with Gasteiger partial charge in [-0.2, -0.15) is 0 Å². The second-order valence-corrected chi connectivity index (χ2v) is 5.89. The molecule has 0 saturated carbocycles. The number of hydrogen-bond donors (Lipinski definition) is 2. The van der Waals surface area contributed by atoms with Crippen LogP contribution in [0.2, 0.25) is 0 Å². The Labute approximate surface area is 148 Å². The Morgan fingerprint density at radius 1 is 1.29 bits per heavy atom. The van der Waals surface area contributed by atoms with Crippen LogP contribution in [0, 0.1) is 6.92 Å². The molecule has 1 aromatic heterocycles. The monoisotopic (exact) mass is 391 g/mol. The summed E-state index contributed by atoms with van der Waals surface area (Å²) in [6, 6.07) is 8.78. The molecule has 6 nitrogen and oxygen atoms in total. The molecule has 0 radical (unpaired) electrons. The average molecular weight is 392 g/mol. The molecule has 0 spiro atoms. The molecule has 0 fully saturated rings. The van der Waals surface area contributed by atoms with Crippen LogP contribution in [0.5, 0.6) is 5.88 Å². The molecule has 1 aromatic carbocycles. The second kappa shape index (κ2) is 8.44. The van der Waals surface area contributed by atoms with Gasteiger partial charge in [-0.3, -0.25) is 9.59 Å². The van der Waals surface area contributed by atoms with Crippen LogP contribution in [-0.2, 0) is 4.79 Å². The average Bonchev–Trinajstić information content (AvgIpc) is 2.56. The van der Waals surface area contributed by atoms with Gasteiger partial charge in [-0.1, -0.05) is 15.9 Å². The van der Waals surface area contributed by atoms with Crippen molar-refractivity contribution in [2.24, 2.45) is 0 Å². The summed E-state index contributed by atoms with van der Waals surface area (Å²) in [5, 5.41) is 5.33. The number of pyridine rings is 1. The molecule has 126 valence electrons. The number of anilines is 1. The predicted octanol–water partition coefficient (Wildman–Crippen LogP) is 2.92. The van der Waals surface area contributed by atoms with Crippen molar-refractivity contribution < 1.29 is 14.3 Å². The van der Waals surface area contributed by atoms with Crippen LogP contribution in [0.1, 0.15) is 22.8 Å². The number of halogens is 1. The summed E-state index contributed by atoms with van der Waals surface area (Å²) in [6.07, 6.45) is 1.55. The number of carbonyl (C=O) groups excluding carboxylic acids is 2. The van der Waals surface area contributed by atoms with E-state index >= 15 is 0 Å². The number of nitrogens with one attached hydrogen (secondary N) is 2. The van der Waals surface area contributed by atoms with Crippen molar-refractivity contribution in [3.63, 3.8) is 0 Å². The zero-order valence-corrected chi connectivity index (χ0v) is 15.0. The van der Waals surface area contributed by atoms with Gasteiger partial charge in [0.2, 0.25) is 11.8 Å². The largest absolute Gasteiger partial charge is 0.477 e. The van der Waals surface area contributed by atoms with E-state index in [0.717, 1.165) is 10.0 Å². The maximum Gasteiger partial charge on any atom is 0.257 e. The molecule has 1 heterocycles. The summed E-state index contributed by atoms with van der Waals surface area (Å²) >= 11 is 3.37. The van der Waals surface area contributed by atoms with Crippen molar-refractivity contribution in [2.75, 3.05) is 18.5 Å². The van der Waals surface area contributed by atoms with E-state index in [4.69, 9.17) is 4.74 Å². The fourth-order valence-corrected chi connectivity index (χ4v) is 2.51. The van der Waals surface area contributed by atoms with Crippen LogP contribution in [-0.4, -0.2) is 29.9 Å². The lowest BCUT2D eigenvalue weighted by molar-refractivity contribution is -0.115. The number of aromatic nitrogens is 1. The molecule has 0 saturated heterocycles. The topological polar surface area (TPSA) is 80.3 Å². The summed E-state index contributed by atoms with van der Waals surface area (Å²) in [7, 11) is 0. The standard InChI is InChI=1S/C17H18BrN3O3/c1-3-24-17-13(5-4-8-19-17)16(23)20-10-15(22)21-14-7-6-12(18)9-11(14)2/h4-9H,3,10H2,1-2H3,(H,20,23)(H,21,22). The van der Waals surface area contributed by atoms with Gasteiger partial charge in [0.1, 0.15) is 5.56 Å². The zero-order chi connectivity index (χ0) is 17.5. The van der Waals surface area contributed by atoms with Gasteiger partial charge in [-0.25, -0.2) is 4.98 Å². The number of nitrogens with zero attached hydrogens (tertiary/aromatic N) is 1. The fraction of sp³-hybridized carbons (Fsp3) is 0.235. The molecule has 0 aliphatic heterocycles. The van der Waals surface area contributed by atoms with E-state index in [0.29, 0.717) is 17.9 Å². The number of benzene rings is 1. The number of carbonyl (C=O) groups is 2. The van der Waals surface area contributed by atoms with Crippen LogP contribution in [0.4, 0.5) is 5.69 Å². The van der Waals surface area contributed by atoms with Crippen molar-refractivity contribution in [3.05, 3.63) is 52.1 Å². The van der Waals surface area contributed by atoms with Crippen molar-refractivity contribution in [1.29, 1.82) is 0 Å². The molecule has 24 heavy (non-hydrogen) atoms. The first-order chi connectivity index (χ1) is 11.5. The highest BCUT2D eigenvalue weighted by atomic mass is 79.9. The van der Waals surface area contributed by atoms with Gasteiger partial charge in [-0.15, -0.1) is 0 Å². The molecule has 2 aromatic rings. The number of hydrogen-bond acceptors (Lipinski definition) is 4. The second-order valence-electron chi connectivity index (χ2n) is 4.98. The third-order valence-electron chi connectivity index (χ3n) is 3.17. The zero-order valence-electron chi connectivity index (χ0n) is 13.4. The Morgan fingerprint density at radius 3 is 2.79 bits per heavy atom. The van der Waals surface area contributed by atoms with E-state index in [1.54, 1.807) is 24.4 Å². The maximum atomic E-state index is 12.2. The minimum absolute atomic E-state index is 0.144. The Bertz CT molecular complexity index is 750. The minimum atomic E-state index is -0.408. The van der Waals surface area contributed by atoms with E-state index in [9.17, 15) is 9.59 Å². The van der Waals surface area contributed by atoms with Crippen molar-refractivity contribution in [3.8, 4) is 5.88 Å². The lowest BCUT2D eigenvalue weighted by Gasteiger charge is -2.11. The highest BCUT2D eigenvalue weighted by Gasteiger charge is 2.14. The van der Waals surface area contributed by atoms with Gasteiger partial charge in [-0.05, 0) is 49.7 Å². The predicted molar refractivity (Wildman–Crippen MR) is 95.2 cm³/mol. The van der Waals surface area contributed by atoms with Crippen LogP contribution in [0.15, 0.2) is 41.0 Å². The molecular weight excluding hydrogens is 374 g/mol. The molecule has 2 amide bonds. The van der Waals surface area contributed by atoms with Gasteiger partial charge in [0.15, 0.2) is 0 Å². The van der Waals surface area contributed by atoms with Crippen molar-refractivity contribution in [1.82, 2.24) is 10.3 Å². The summed E-state index contributed by atoms with van der Waals surface area (Å²) in [6.45, 7) is 3.96. The third-order valence-corrected chi connectivity index (χ3v) is 3.66. The molecule has 0 aliphatic carbocycles. The van der Waals surface area contributed by atoms with E-state index < -0.39 is 5.91 Å². The molecular formula is C17H18BrN3O3. The fourth-order valence-electron chi connectivity index (χ4n) is 2.03. The SMILES string of the molecule is CCOc1ncccc1C(=O)NCC(=O)Nc1ccc(Br)cc1C. The van der Waals surface area contributed by atoms with Gasteiger partial charge < -0.3 is 15.4 Å². The van der Waals surface area contributed by atoms with Crippen molar-refractivity contribution in [2.45, 2.75) is 13.8 Å². The number of amides is 2. The summed E-state index contributed by atoms with van der Waals surface area (Å²) in [5.41, 5.74) is 1.93. The van der Waals surface area contributed by atoms with E-state index in [1.807, 2.05) is 26.0 Å². The first-order valence-electron chi connectivity index (χ1n) is 7.43. The Morgan fingerprint density at radius 2 is 2.08 bits per heavy atom. The smallest absolute Gasteiger partial charge is 0.257 e. The van der Waals surface area contributed by atoms with Gasteiger partial charge in [0.05, 0.1) is 13.2 Å². The Kier molecular flexibility index (Phi) is 6.31. The van der Waals surface area contributed by atoms with Gasteiger partial charge in [0, 0.05) is 16.4 Å². The van der Waals surface area contributed by atoms with Crippen molar-refractivity contribution >= 4 is 33.4 Å². The van der Waals surface area contributed by atoms with E-state index in [2.05, 4.69) is 31.5 Å². The highest BCUT2D eigenvalue weighted by molar-refractivity contribution is 9.10. The summed E-state index contributed by atoms with van der Waals surface area (Å²) in [4.78, 5) is 28.2. The van der Waals surface area contributed by atoms with Crippen LogP contribution >= 0.6 is 15.9 Å². The number of rotatable bonds is 6. The molecule has 0 bridgehead atoms. The Hall–Kier alpha value is -2.41. The van der Waals surface area contributed by atoms with E-state index in [-0.39, 0.29) is 18.3 Å². The highest BCUT2D eigenvalue weighted by Crippen LogP contribution is 2.19. The lowest BCUT2D eigenvalue weighted by Crippen LogP contribution is -2.33. The lowest BCUT2D eigenvalue weighted by atomic mass is 10.2. The van der Waals surface area contributed by atoms with Gasteiger partial charge >= 0.3 is 0 Å². The normalized spacial score (nSPS) is 10.1. The molecule has 2 rings (SSSR count). The summed E-state index contributed by atoms with van der Waals surface area (Å²) < 4.78 is 6.25. The number of ether oxygens (including phenoxy) is 1. The van der Waals surface area contributed by atoms with E-state index in [1.165, 1.54) is 0 Å². The minimum Gasteiger partial charge on any atom is -0.477 e. The number of aryl methyl sites for hydroxylation is 1. The molecule has 7 heteroatoms. The summed E-state index contributed by atoms with van der Waals surface area (Å²) in [5.74, 6) is -0.466.